The maximum absolute atomic E-state index is 5.81. The second-order valence-corrected chi connectivity index (χ2v) is 6.65. The summed E-state index contributed by atoms with van der Waals surface area (Å²) < 4.78 is 1.02. The quantitative estimate of drug-likeness (QED) is 0.844. The van der Waals surface area contributed by atoms with Crippen LogP contribution in [0.3, 0.4) is 0 Å². The standard InChI is InChI=1S/C12H15BrN2S2/c1-8-7-17-5-4-15(8)11-3-2-9(13)6-10(11)12(14)16/h2-3,6,8H,4-5,7H2,1H3,(H2,14,16). The van der Waals surface area contributed by atoms with Gasteiger partial charge in [-0.1, -0.05) is 28.1 Å². The Hall–Kier alpha value is -0.260. The number of hydrogen-bond donors (Lipinski definition) is 1. The summed E-state index contributed by atoms with van der Waals surface area (Å²) in [5.74, 6) is 2.32. The van der Waals surface area contributed by atoms with Gasteiger partial charge in [0.25, 0.3) is 0 Å². The number of halogens is 1. The molecule has 0 aromatic heterocycles. The molecule has 2 nitrogen and oxygen atoms in total. The molecule has 1 aliphatic heterocycles. The lowest BCUT2D eigenvalue weighted by Crippen LogP contribution is -2.41. The lowest BCUT2D eigenvalue weighted by molar-refractivity contribution is 0.699. The number of hydrogen-bond acceptors (Lipinski definition) is 3. The molecular formula is C12H15BrN2S2. The zero-order chi connectivity index (χ0) is 12.4. The minimum absolute atomic E-state index is 0.465. The fourth-order valence-electron chi connectivity index (χ4n) is 2.04. The second-order valence-electron chi connectivity index (χ2n) is 4.14. The molecule has 1 aromatic carbocycles. The molecule has 0 amide bonds. The number of rotatable bonds is 2. The van der Waals surface area contributed by atoms with Gasteiger partial charge < -0.3 is 10.6 Å². The van der Waals surface area contributed by atoms with Crippen LogP contribution in [0.2, 0.25) is 0 Å². The normalized spacial score (nSPS) is 20.4. The van der Waals surface area contributed by atoms with Gasteiger partial charge in [0.15, 0.2) is 0 Å². The van der Waals surface area contributed by atoms with Gasteiger partial charge >= 0.3 is 0 Å². The number of benzene rings is 1. The molecule has 0 bridgehead atoms. The van der Waals surface area contributed by atoms with E-state index in [4.69, 9.17) is 18.0 Å². The van der Waals surface area contributed by atoms with Crippen molar-refractivity contribution in [3.05, 3.63) is 28.2 Å². The molecule has 1 aromatic rings. The van der Waals surface area contributed by atoms with E-state index in [9.17, 15) is 0 Å². The van der Waals surface area contributed by atoms with Gasteiger partial charge in [0, 0.05) is 39.8 Å². The van der Waals surface area contributed by atoms with Gasteiger partial charge in [0.05, 0.1) is 0 Å². The Morgan fingerprint density at radius 2 is 2.35 bits per heavy atom. The summed E-state index contributed by atoms with van der Waals surface area (Å²) in [5.41, 5.74) is 7.94. The highest BCUT2D eigenvalue weighted by Crippen LogP contribution is 2.29. The van der Waals surface area contributed by atoms with Crippen molar-refractivity contribution in [3.63, 3.8) is 0 Å². The Balaban J connectivity index is 2.39. The monoisotopic (exact) mass is 330 g/mol. The van der Waals surface area contributed by atoms with E-state index in [1.807, 2.05) is 23.9 Å². The Labute approximate surface area is 120 Å². The number of nitrogens with two attached hydrogens (primary N) is 1. The maximum atomic E-state index is 5.81. The summed E-state index contributed by atoms with van der Waals surface area (Å²) >= 11 is 10.6. The van der Waals surface area contributed by atoms with Crippen LogP contribution in [-0.4, -0.2) is 29.1 Å². The largest absolute Gasteiger partial charge is 0.389 e. The van der Waals surface area contributed by atoms with Gasteiger partial charge in [-0.05, 0) is 25.1 Å². The first-order valence-electron chi connectivity index (χ1n) is 5.53. The van der Waals surface area contributed by atoms with Gasteiger partial charge in [-0.2, -0.15) is 11.8 Å². The SMILES string of the molecule is CC1CSCCN1c1ccc(Br)cc1C(N)=S. The minimum atomic E-state index is 0.465. The van der Waals surface area contributed by atoms with Crippen LogP contribution in [0, 0.1) is 0 Å². The fourth-order valence-corrected chi connectivity index (χ4v) is 3.58. The maximum Gasteiger partial charge on any atom is 0.106 e. The molecule has 92 valence electrons. The van der Waals surface area contributed by atoms with Crippen molar-refractivity contribution in [1.29, 1.82) is 0 Å². The van der Waals surface area contributed by atoms with E-state index in [1.54, 1.807) is 0 Å². The van der Waals surface area contributed by atoms with E-state index >= 15 is 0 Å². The van der Waals surface area contributed by atoms with Gasteiger partial charge in [0.2, 0.25) is 0 Å². The summed E-state index contributed by atoms with van der Waals surface area (Å²) in [4.78, 5) is 2.86. The van der Waals surface area contributed by atoms with Crippen molar-refractivity contribution < 1.29 is 0 Å². The van der Waals surface area contributed by atoms with Crippen LogP contribution < -0.4 is 10.6 Å². The predicted molar refractivity (Wildman–Crippen MR) is 84.2 cm³/mol. The molecule has 1 aliphatic rings. The van der Waals surface area contributed by atoms with Gasteiger partial charge in [-0.25, -0.2) is 0 Å². The highest BCUT2D eigenvalue weighted by molar-refractivity contribution is 9.10. The molecule has 0 saturated carbocycles. The minimum Gasteiger partial charge on any atom is -0.389 e. The molecule has 0 spiro atoms. The second kappa shape index (κ2) is 5.59. The average Bonchev–Trinajstić information content (AvgIpc) is 2.30. The number of thiocarbonyl (C=S) groups is 1. The number of anilines is 1. The number of thioether (sulfide) groups is 1. The molecule has 5 heteroatoms. The summed E-state index contributed by atoms with van der Waals surface area (Å²) in [6.45, 7) is 3.31. The average molecular weight is 331 g/mol. The first kappa shape index (κ1) is 13.2. The summed E-state index contributed by atoms with van der Waals surface area (Å²) in [5, 5.41) is 0. The van der Waals surface area contributed by atoms with Gasteiger partial charge in [0.1, 0.15) is 4.99 Å². The molecule has 1 unspecified atom stereocenters. The van der Waals surface area contributed by atoms with Crippen molar-refractivity contribution in [1.82, 2.24) is 0 Å². The third kappa shape index (κ3) is 2.95. The molecular weight excluding hydrogens is 316 g/mol. The lowest BCUT2D eigenvalue weighted by Gasteiger charge is -2.36. The van der Waals surface area contributed by atoms with Gasteiger partial charge in [-0.3, -0.25) is 0 Å². The van der Waals surface area contributed by atoms with E-state index in [2.05, 4.69) is 33.8 Å². The zero-order valence-corrected chi connectivity index (χ0v) is 12.9. The molecule has 2 N–H and O–H groups in total. The third-order valence-corrected chi connectivity index (χ3v) is 4.80. The van der Waals surface area contributed by atoms with Crippen LogP contribution in [0.4, 0.5) is 5.69 Å². The Morgan fingerprint density at radius 1 is 1.59 bits per heavy atom. The zero-order valence-electron chi connectivity index (χ0n) is 9.65. The van der Waals surface area contributed by atoms with Crippen LogP contribution in [0.15, 0.2) is 22.7 Å². The molecule has 0 aliphatic carbocycles. The van der Waals surface area contributed by atoms with Crippen molar-refractivity contribution in [2.24, 2.45) is 5.73 Å². The molecule has 1 atom stereocenters. The van der Waals surface area contributed by atoms with E-state index in [-0.39, 0.29) is 0 Å². The topological polar surface area (TPSA) is 29.3 Å². The van der Waals surface area contributed by atoms with E-state index in [0.29, 0.717) is 11.0 Å². The first-order chi connectivity index (χ1) is 8.09. The highest BCUT2D eigenvalue weighted by Gasteiger charge is 2.21. The molecule has 2 rings (SSSR count). The van der Waals surface area contributed by atoms with Crippen molar-refractivity contribution in [3.8, 4) is 0 Å². The third-order valence-electron chi connectivity index (χ3n) is 2.90. The summed E-state index contributed by atoms with van der Waals surface area (Å²) in [6.07, 6.45) is 0. The molecule has 17 heavy (non-hydrogen) atoms. The number of nitrogens with zero attached hydrogens (tertiary/aromatic N) is 1. The Morgan fingerprint density at radius 3 is 3.00 bits per heavy atom. The van der Waals surface area contributed by atoms with Gasteiger partial charge in [-0.15, -0.1) is 0 Å². The van der Waals surface area contributed by atoms with Crippen LogP contribution >= 0.6 is 39.9 Å². The lowest BCUT2D eigenvalue weighted by atomic mass is 10.1. The van der Waals surface area contributed by atoms with Crippen LogP contribution in [-0.2, 0) is 0 Å². The Bertz CT molecular complexity index is 437. The summed E-state index contributed by atoms with van der Waals surface area (Å²) in [7, 11) is 0. The van der Waals surface area contributed by atoms with Crippen LogP contribution in [0.5, 0.6) is 0 Å². The fraction of sp³-hybridized carbons (Fsp3) is 0.417. The van der Waals surface area contributed by atoms with E-state index in [1.165, 1.54) is 0 Å². The van der Waals surface area contributed by atoms with Crippen LogP contribution in [0.25, 0.3) is 0 Å². The van der Waals surface area contributed by atoms with Crippen molar-refractivity contribution >= 4 is 50.6 Å². The predicted octanol–water partition coefficient (Wildman–Crippen LogP) is 3.03. The van der Waals surface area contributed by atoms with Crippen LogP contribution in [0.1, 0.15) is 12.5 Å². The van der Waals surface area contributed by atoms with E-state index < -0.39 is 0 Å². The summed E-state index contributed by atoms with van der Waals surface area (Å²) in [6, 6.07) is 6.69. The molecule has 1 saturated heterocycles. The first-order valence-corrected chi connectivity index (χ1v) is 7.89. The highest BCUT2D eigenvalue weighted by atomic mass is 79.9. The molecule has 1 fully saturated rings. The van der Waals surface area contributed by atoms with Crippen molar-refractivity contribution in [2.45, 2.75) is 13.0 Å². The van der Waals surface area contributed by atoms with Crippen molar-refractivity contribution in [2.75, 3.05) is 23.0 Å². The Kier molecular flexibility index (Phi) is 4.33. The smallest absolute Gasteiger partial charge is 0.106 e. The van der Waals surface area contributed by atoms with E-state index in [0.717, 1.165) is 33.8 Å². The molecule has 0 radical (unpaired) electrons. The molecule has 1 heterocycles.